The number of piperidine rings is 1. The minimum atomic E-state index is -0.791. The van der Waals surface area contributed by atoms with Crippen LogP contribution in [-0.2, 0) is 16.0 Å². The van der Waals surface area contributed by atoms with Gasteiger partial charge in [0.05, 0.1) is 5.92 Å². The lowest BCUT2D eigenvalue weighted by Crippen LogP contribution is -2.42. The van der Waals surface area contributed by atoms with Crippen molar-refractivity contribution >= 4 is 11.9 Å². The molecule has 1 heterocycles. The number of benzene rings is 1. The summed E-state index contributed by atoms with van der Waals surface area (Å²) >= 11 is 0. The summed E-state index contributed by atoms with van der Waals surface area (Å²) in [6.07, 6.45) is 2.63. The summed E-state index contributed by atoms with van der Waals surface area (Å²) in [7, 11) is 0. The second kappa shape index (κ2) is 6.55. The van der Waals surface area contributed by atoms with Gasteiger partial charge in [0, 0.05) is 19.5 Å². The number of hydrogen-bond donors (Lipinski definition) is 1. The molecule has 2 rings (SSSR count). The van der Waals surface area contributed by atoms with Gasteiger partial charge in [-0.2, -0.15) is 0 Å². The van der Waals surface area contributed by atoms with E-state index in [1.54, 1.807) is 4.90 Å². The van der Waals surface area contributed by atoms with Crippen LogP contribution in [0, 0.1) is 12.8 Å². The topological polar surface area (TPSA) is 57.6 Å². The Kier molecular flexibility index (Phi) is 4.77. The van der Waals surface area contributed by atoms with Gasteiger partial charge in [-0.3, -0.25) is 9.59 Å². The maximum atomic E-state index is 12.1. The summed E-state index contributed by atoms with van der Waals surface area (Å²) in [5, 5.41) is 9.03. The molecule has 4 heteroatoms. The van der Waals surface area contributed by atoms with Gasteiger partial charge in [0.1, 0.15) is 0 Å². The minimum absolute atomic E-state index is 0.0662. The summed E-state index contributed by atoms with van der Waals surface area (Å²) in [6.45, 7) is 3.09. The van der Waals surface area contributed by atoms with Gasteiger partial charge in [0.25, 0.3) is 0 Å². The van der Waals surface area contributed by atoms with Crippen molar-refractivity contribution < 1.29 is 14.7 Å². The Bertz CT molecular complexity index is 481. The lowest BCUT2D eigenvalue weighted by molar-refractivity contribution is -0.145. The number of likely N-dealkylation sites (tertiary alicyclic amines) is 1. The van der Waals surface area contributed by atoms with Crippen LogP contribution in [0.2, 0.25) is 0 Å². The van der Waals surface area contributed by atoms with E-state index in [-0.39, 0.29) is 5.91 Å². The highest BCUT2D eigenvalue weighted by molar-refractivity contribution is 5.78. The standard InChI is InChI=1S/C16H21NO3/c1-12-4-6-13(7-5-12)8-9-15(18)17-10-2-3-14(11-17)16(19)20/h4-7,14H,2-3,8-11H2,1H3,(H,19,20)/t14-/m0/s1. The first-order chi connectivity index (χ1) is 9.56. The van der Waals surface area contributed by atoms with E-state index in [1.807, 2.05) is 31.2 Å². The summed E-state index contributed by atoms with van der Waals surface area (Å²) in [4.78, 5) is 24.8. The molecule has 0 unspecified atom stereocenters. The molecule has 1 amide bonds. The summed E-state index contributed by atoms with van der Waals surface area (Å²) in [5.74, 6) is -1.12. The van der Waals surface area contributed by atoms with E-state index in [4.69, 9.17) is 5.11 Å². The molecule has 1 N–H and O–H groups in total. The molecule has 1 atom stereocenters. The normalized spacial score (nSPS) is 18.9. The van der Waals surface area contributed by atoms with E-state index in [0.29, 0.717) is 32.4 Å². The third-order valence-corrected chi connectivity index (χ3v) is 3.87. The monoisotopic (exact) mass is 275 g/mol. The fourth-order valence-corrected chi connectivity index (χ4v) is 2.57. The molecule has 1 fully saturated rings. The van der Waals surface area contributed by atoms with E-state index in [0.717, 1.165) is 12.0 Å². The van der Waals surface area contributed by atoms with Gasteiger partial charge in [-0.05, 0) is 31.7 Å². The van der Waals surface area contributed by atoms with Crippen molar-refractivity contribution in [3.8, 4) is 0 Å². The van der Waals surface area contributed by atoms with Crippen LogP contribution in [0.25, 0.3) is 0 Å². The minimum Gasteiger partial charge on any atom is -0.481 e. The van der Waals surface area contributed by atoms with E-state index in [1.165, 1.54) is 5.56 Å². The first-order valence-electron chi connectivity index (χ1n) is 7.12. The number of amides is 1. The zero-order valence-corrected chi connectivity index (χ0v) is 11.8. The van der Waals surface area contributed by atoms with Gasteiger partial charge in [-0.1, -0.05) is 29.8 Å². The Hall–Kier alpha value is -1.84. The molecule has 0 bridgehead atoms. The lowest BCUT2D eigenvalue weighted by Gasteiger charge is -2.30. The second-order valence-corrected chi connectivity index (χ2v) is 5.50. The largest absolute Gasteiger partial charge is 0.481 e. The Balaban J connectivity index is 1.85. The SMILES string of the molecule is Cc1ccc(CCC(=O)N2CCC[C@H](C(=O)O)C2)cc1. The highest BCUT2D eigenvalue weighted by Gasteiger charge is 2.27. The van der Waals surface area contributed by atoms with Gasteiger partial charge < -0.3 is 10.0 Å². The summed E-state index contributed by atoms with van der Waals surface area (Å²) in [5.41, 5.74) is 2.36. The number of rotatable bonds is 4. The number of nitrogens with zero attached hydrogens (tertiary/aromatic N) is 1. The molecule has 1 aromatic rings. The number of carboxylic acid groups (broad SMARTS) is 1. The van der Waals surface area contributed by atoms with Gasteiger partial charge in [-0.25, -0.2) is 0 Å². The van der Waals surface area contributed by atoms with Crippen LogP contribution >= 0.6 is 0 Å². The fourth-order valence-electron chi connectivity index (χ4n) is 2.57. The zero-order valence-electron chi connectivity index (χ0n) is 11.8. The second-order valence-electron chi connectivity index (χ2n) is 5.50. The maximum absolute atomic E-state index is 12.1. The van der Waals surface area contributed by atoms with Crippen LogP contribution in [0.15, 0.2) is 24.3 Å². The summed E-state index contributed by atoms with van der Waals surface area (Å²) < 4.78 is 0. The van der Waals surface area contributed by atoms with Gasteiger partial charge in [0.15, 0.2) is 0 Å². The smallest absolute Gasteiger partial charge is 0.308 e. The number of carboxylic acids is 1. The van der Waals surface area contributed by atoms with Crippen LogP contribution in [0.3, 0.4) is 0 Å². The van der Waals surface area contributed by atoms with Crippen molar-refractivity contribution in [3.63, 3.8) is 0 Å². The molecule has 0 aromatic heterocycles. The van der Waals surface area contributed by atoms with Crippen molar-refractivity contribution in [2.45, 2.75) is 32.6 Å². The molecule has 4 nitrogen and oxygen atoms in total. The molecule has 1 aliphatic rings. The van der Waals surface area contributed by atoms with Crippen molar-refractivity contribution in [1.82, 2.24) is 4.90 Å². The Morgan fingerprint density at radius 3 is 2.65 bits per heavy atom. The van der Waals surface area contributed by atoms with Crippen LogP contribution in [0.1, 0.15) is 30.4 Å². The first-order valence-corrected chi connectivity index (χ1v) is 7.12. The molecule has 1 aromatic carbocycles. The third kappa shape index (κ3) is 3.83. The quantitative estimate of drug-likeness (QED) is 0.917. The molecular formula is C16H21NO3. The van der Waals surface area contributed by atoms with E-state index < -0.39 is 11.9 Å². The molecule has 1 aliphatic heterocycles. The van der Waals surface area contributed by atoms with E-state index >= 15 is 0 Å². The van der Waals surface area contributed by atoms with Crippen LogP contribution in [0.5, 0.6) is 0 Å². The zero-order chi connectivity index (χ0) is 14.5. The number of aryl methyl sites for hydroxylation is 2. The number of carbonyl (C=O) groups excluding carboxylic acids is 1. The number of hydrogen-bond acceptors (Lipinski definition) is 2. The number of carbonyl (C=O) groups is 2. The van der Waals surface area contributed by atoms with Crippen LogP contribution in [0.4, 0.5) is 0 Å². The van der Waals surface area contributed by atoms with Crippen LogP contribution < -0.4 is 0 Å². The Labute approximate surface area is 119 Å². The predicted octanol–water partition coefficient (Wildman–Crippen LogP) is 2.25. The maximum Gasteiger partial charge on any atom is 0.308 e. The third-order valence-electron chi connectivity index (χ3n) is 3.87. The molecule has 108 valence electrons. The fraction of sp³-hybridized carbons (Fsp3) is 0.500. The Morgan fingerprint density at radius 2 is 2.00 bits per heavy atom. The average Bonchev–Trinajstić information content (AvgIpc) is 2.46. The molecule has 1 saturated heterocycles. The van der Waals surface area contributed by atoms with Crippen molar-refractivity contribution in [1.29, 1.82) is 0 Å². The number of aliphatic carboxylic acids is 1. The molecule has 0 aliphatic carbocycles. The molecule has 20 heavy (non-hydrogen) atoms. The van der Waals surface area contributed by atoms with Gasteiger partial charge in [-0.15, -0.1) is 0 Å². The first kappa shape index (κ1) is 14.6. The molecule has 0 saturated carbocycles. The highest BCUT2D eigenvalue weighted by Crippen LogP contribution is 2.18. The van der Waals surface area contributed by atoms with Crippen LogP contribution in [-0.4, -0.2) is 35.0 Å². The van der Waals surface area contributed by atoms with Crippen molar-refractivity contribution in [3.05, 3.63) is 35.4 Å². The van der Waals surface area contributed by atoms with E-state index in [9.17, 15) is 9.59 Å². The van der Waals surface area contributed by atoms with Crippen molar-refractivity contribution in [2.75, 3.05) is 13.1 Å². The average molecular weight is 275 g/mol. The lowest BCUT2D eigenvalue weighted by atomic mass is 9.97. The molecule has 0 spiro atoms. The van der Waals surface area contributed by atoms with Crippen molar-refractivity contribution in [2.24, 2.45) is 5.92 Å². The van der Waals surface area contributed by atoms with Gasteiger partial charge in [0.2, 0.25) is 5.91 Å². The highest BCUT2D eigenvalue weighted by atomic mass is 16.4. The van der Waals surface area contributed by atoms with E-state index in [2.05, 4.69) is 0 Å². The van der Waals surface area contributed by atoms with Gasteiger partial charge >= 0.3 is 5.97 Å². The summed E-state index contributed by atoms with van der Waals surface area (Å²) in [6, 6.07) is 8.17. The molecule has 0 radical (unpaired) electrons. The Morgan fingerprint density at radius 1 is 1.30 bits per heavy atom. The predicted molar refractivity (Wildman–Crippen MR) is 76.4 cm³/mol. The molecular weight excluding hydrogens is 254 g/mol.